The van der Waals surface area contributed by atoms with Crippen LogP contribution >= 0.6 is 23.5 Å². The number of amidine groups is 1. The van der Waals surface area contributed by atoms with Crippen molar-refractivity contribution in [3.8, 4) is 5.75 Å². The summed E-state index contributed by atoms with van der Waals surface area (Å²) in [6.07, 6.45) is 1.65. The summed E-state index contributed by atoms with van der Waals surface area (Å²) in [6.45, 7) is -2.96. The van der Waals surface area contributed by atoms with Crippen LogP contribution in [0.4, 0.5) is 17.6 Å². The van der Waals surface area contributed by atoms with Gasteiger partial charge >= 0.3 is 6.61 Å². The highest BCUT2D eigenvalue weighted by molar-refractivity contribution is 8.15. The van der Waals surface area contributed by atoms with Crippen molar-refractivity contribution in [2.24, 2.45) is 10.2 Å². The van der Waals surface area contributed by atoms with Gasteiger partial charge in [-0.2, -0.15) is 22.7 Å². The molecule has 1 amide bonds. The largest absolute Gasteiger partial charge is 0.434 e. The Kier molecular flexibility index (Phi) is 7.75. The smallest absolute Gasteiger partial charge is 0.387 e. The number of halogens is 4. The van der Waals surface area contributed by atoms with Crippen molar-refractivity contribution in [1.29, 1.82) is 0 Å². The SMILES string of the molecule is O=C1N/C(=N/N=C\c2ccccc2OC(F)F)S[C@H]1Cc1ccc(SC(F)F)cc1. The van der Waals surface area contributed by atoms with Gasteiger partial charge < -0.3 is 10.1 Å². The molecule has 11 heteroatoms. The van der Waals surface area contributed by atoms with Crippen LogP contribution in [0.2, 0.25) is 0 Å². The molecular weight excluding hydrogens is 442 g/mol. The Morgan fingerprint density at radius 1 is 1.13 bits per heavy atom. The van der Waals surface area contributed by atoms with Crippen LogP contribution in [-0.2, 0) is 11.2 Å². The fourth-order valence-corrected chi connectivity index (χ4v) is 4.01. The molecule has 5 nitrogen and oxygen atoms in total. The van der Waals surface area contributed by atoms with Crippen molar-refractivity contribution in [3.05, 3.63) is 59.7 Å². The maximum Gasteiger partial charge on any atom is 0.387 e. The molecule has 1 heterocycles. The second kappa shape index (κ2) is 10.5. The molecule has 0 spiro atoms. The van der Waals surface area contributed by atoms with Crippen LogP contribution in [0.25, 0.3) is 0 Å². The van der Waals surface area contributed by atoms with E-state index in [-0.39, 0.29) is 16.8 Å². The molecule has 1 aliphatic heterocycles. The van der Waals surface area contributed by atoms with E-state index >= 15 is 0 Å². The van der Waals surface area contributed by atoms with E-state index in [4.69, 9.17) is 0 Å². The number of benzene rings is 2. The maximum absolute atomic E-state index is 12.4. The number of carbonyl (C=O) groups excluding carboxylic acids is 1. The van der Waals surface area contributed by atoms with E-state index in [1.165, 1.54) is 24.0 Å². The van der Waals surface area contributed by atoms with Crippen LogP contribution in [0, 0.1) is 0 Å². The van der Waals surface area contributed by atoms with Gasteiger partial charge in [-0.15, -0.1) is 5.10 Å². The van der Waals surface area contributed by atoms with Crippen molar-refractivity contribution in [2.75, 3.05) is 0 Å². The third-order valence-electron chi connectivity index (χ3n) is 3.83. The average Bonchev–Trinajstić information content (AvgIpc) is 3.03. The number of para-hydroxylation sites is 1. The van der Waals surface area contributed by atoms with Gasteiger partial charge in [0.2, 0.25) is 5.91 Å². The molecule has 158 valence electrons. The molecule has 30 heavy (non-hydrogen) atoms. The summed E-state index contributed by atoms with van der Waals surface area (Å²) in [5.41, 5.74) is 1.14. The number of hydrogen-bond acceptors (Lipinski definition) is 6. The number of hydrogen-bond donors (Lipinski definition) is 1. The van der Waals surface area contributed by atoms with Crippen LogP contribution < -0.4 is 10.1 Å². The van der Waals surface area contributed by atoms with Gasteiger partial charge in [0.25, 0.3) is 5.76 Å². The van der Waals surface area contributed by atoms with Crippen LogP contribution in [0.5, 0.6) is 5.75 Å². The minimum atomic E-state index is -2.96. The maximum atomic E-state index is 12.4. The molecule has 0 saturated carbocycles. The number of nitrogens with zero attached hydrogens (tertiary/aromatic N) is 2. The zero-order valence-corrected chi connectivity index (χ0v) is 16.8. The summed E-state index contributed by atoms with van der Waals surface area (Å²) >= 11 is 1.64. The van der Waals surface area contributed by atoms with Gasteiger partial charge in [-0.05, 0) is 36.2 Å². The molecule has 1 N–H and O–H groups in total. The third-order valence-corrected chi connectivity index (χ3v) is 5.62. The normalized spacial score (nSPS) is 18.0. The highest BCUT2D eigenvalue weighted by Crippen LogP contribution is 2.27. The van der Waals surface area contributed by atoms with E-state index < -0.39 is 17.6 Å². The zero-order valence-electron chi connectivity index (χ0n) is 15.2. The lowest BCUT2D eigenvalue weighted by Gasteiger charge is -2.06. The number of amides is 1. The number of carbonyl (C=O) groups is 1. The van der Waals surface area contributed by atoms with E-state index in [0.29, 0.717) is 28.6 Å². The quantitative estimate of drug-likeness (QED) is 0.269. The van der Waals surface area contributed by atoms with Crippen molar-refractivity contribution < 1.29 is 27.1 Å². The van der Waals surface area contributed by atoms with Crippen molar-refractivity contribution in [2.45, 2.75) is 28.9 Å². The Morgan fingerprint density at radius 3 is 2.57 bits per heavy atom. The number of nitrogens with one attached hydrogen (secondary N) is 1. The summed E-state index contributed by atoms with van der Waals surface area (Å²) < 4.78 is 54.0. The molecule has 1 aliphatic rings. The third kappa shape index (κ3) is 6.49. The van der Waals surface area contributed by atoms with E-state index in [9.17, 15) is 22.4 Å². The second-order valence-electron chi connectivity index (χ2n) is 5.89. The first-order chi connectivity index (χ1) is 14.4. The Hall–Kier alpha value is -2.53. The number of rotatable bonds is 8. The molecule has 0 bridgehead atoms. The average molecular weight is 457 g/mol. The highest BCUT2D eigenvalue weighted by atomic mass is 32.2. The topological polar surface area (TPSA) is 63.0 Å². The summed E-state index contributed by atoms with van der Waals surface area (Å²) in [7, 11) is 0. The predicted molar refractivity (Wildman–Crippen MR) is 110 cm³/mol. The molecule has 1 saturated heterocycles. The van der Waals surface area contributed by atoms with Crippen LogP contribution in [-0.4, -0.2) is 34.9 Å². The molecule has 0 aromatic heterocycles. The van der Waals surface area contributed by atoms with Gasteiger partial charge in [-0.3, -0.25) is 4.79 Å². The minimum Gasteiger partial charge on any atom is -0.434 e. The Bertz CT molecular complexity index is 940. The lowest BCUT2D eigenvalue weighted by atomic mass is 10.1. The van der Waals surface area contributed by atoms with E-state index in [0.717, 1.165) is 5.56 Å². The zero-order chi connectivity index (χ0) is 21.5. The Balaban J connectivity index is 1.60. The fraction of sp³-hybridized carbons (Fsp3) is 0.211. The van der Waals surface area contributed by atoms with Crippen LogP contribution in [0.1, 0.15) is 11.1 Å². The number of ether oxygens (including phenoxy) is 1. The molecule has 1 atom stereocenters. The van der Waals surface area contributed by atoms with Crippen LogP contribution in [0.15, 0.2) is 63.6 Å². The lowest BCUT2D eigenvalue weighted by molar-refractivity contribution is -0.118. The molecule has 0 radical (unpaired) electrons. The second-order valence-corrected chi connectivity index (χ2v) is 8.14. The fourth-order valence-electron chi connectivity index (χ4n) is 2.54. The van der Waals surface area contributed by atoms with Crippen LogP contribution in [0.3, 0.4) is 0 Å². The first kappa shape index (κ1) is 22.2. The van der Waals surface area contributed by atoms with Gasteiger partial charge in [0.1, 0.15) is 5.75 Å². The van der Waals surface area contributed by atoms with Crippen molar-refractivity contribution >= 4 is 40.8 Å². The minimum absolute atomic E-state index is 0.0362. The predicted octanol–water partition coefficient (Wildman–Crippen LogP) is 4.77. The molecule has 0 aliphatic carbocycles. The molecular formula is C19H15F4N3O2S2. The lowest BCUT2D eigenvalue weighted by Crippen LogP contribution is -2.25. The Morgan fingerprint density at radius 2 is 1.87 bits per heavy atom. The standard InChI is InChI=1S/C19H15F4N3O2S2/c20-17(21)28-14-4-2-1-3-12(14)10-24-26-19-25-16(27)15(30-19)9-11-5-7-13(8-6-11)29-18(22)23/h1-8,10,15,17-18H,9H2,(H,25,26,27)/b24-10-/t15-/m0/s1. The van der Waals surface area contributed by atoms with E-state index in [1.807, 2.05) is 0 Å². The van der Waals surface area contributed by atoms with Gasteiger partial charge in [0.05, 0.1) is 11.5 Å². The molecule has 1 fully saturated rings. The Labute approximate surface area is 178 Å². The van der Waals surface area contributed by atoms with E-state index in [2.05, 4.69) is 20.3 Å². The summed E-state index contributed by atoms with van der Waals surface area (Å²) in [5, 5.41) is 10.2. The molecule has 3 rings (SSSR count). The van der Waals surface area contributed by atoms with Gasteiger partial charge in [-0.1, -0.05) is 47.8 Å². The molecule has 2 aromatic rings. The molecule has 2 aromatic carbocycles. The van der Waals surface area contributed by atoms with Gasteiger partial charge in [-0.25, -0.2) is 0 Å². The first-order valence-corrected chi connectivity index (χ1v) is 10.3. The summed E-state index contributed by atoms with van der Waals surface area (Å²) in [5.74, 6) is -2.77. The van der Waals surface area contributed by atoms with E-state index in [1.54, 1.807) is 42.5 Å². The van der Waals surface area contributed by atoms with Crippen molar-refractivity contribution in [1.82, 2.24) is 5.32 Å². The van der Waals surface area contributed by atoms with Gasteiger partial charge in [0.15, 0.2) is 5.17 Å². The van der Waals surface area contributed by atoms with Crippen molar-refractivity contribution in [3.63, 3.8) is 0 Å². The molecule has 0 unspecified atom stereocenters. The first-order valence-electron chi connectivity index (χ1n) is 8.57. The highest BCUT2D eigenvalue weighted by Gasteiger charge is 2.30. The monoisotopic (exact) mass is 457 g/mol. The summed E-state index contributed by atoms with van der Waals surface area (Å²) in [4.78, 5) is 12.6. The summed E-state index contributed by atoms with van der Waals surface area (Å²) in [6, 6.07) is 12.7. The van der Waals surface area contributed by atoms with Gasteiger partial charge in [0, 0.05) is 10.5 Å². The number of thioether (sulfide) groups is 2. The number of alkyl halides is 4.